The van der Waals surface area contributed by atoms with E-state index in [0.717, 1.165) is 31.4 Å². The largest absolute Gasteiger partial charge is 0.465 e. The molecule has 0 atom stereocenters. The fourth-order valence-electron chi connectivity index (χ4n) is 3.75. The molecule has 1 aromatic heterocycles. The van der Waals surface area contributed by atoms with Crippen LogP contribution < -0.4 is 5.32 Å². The lowest BCUT2D eigenvalue weighted by Crippen LogP contribution is -2.78. The first-order chi connectivity index (χ1) is 10.4. The first-order valence-corrected chi connectivity index (χ1v) is 6.93. The van der Waals surface area contributed by atoms with Crippen LogP contribution in [0.3, 0.4) is 0 Å². The highest BCUT2D eigenvalue weighted by atomic mass is 19.2. The molecule has 0 radical (unpaired) electrons. The number of halogens is 2. The molecule has 1 heterocycles. The molecule has 0 aliphatic heterocycles. The smallest absolute Gasteiger partial charge is 0.405 e. The molecular formula is C15H13F2N3O2. The number of carboxylic acid groups (broad SMARTS) is 1. The minimum absolute atomic E-state index is 0.0910. The Kier molecular flexibility index (Phi) is 2.44. The van der Waals surface area contributed by atoms with Crippen LogP contribution in [0.5, 0.6) is 0 Å². The Hall–Kier alpha value is -2.44. The van der Waals surface area contributed by atoms with E-state index in [1.54, 1.807) is 12.5 Å². The van der Waals surface area contributed by atoms with E-state index in [1.807, 2.05) is 4.57 Å². The standard InChI is InChI=1S/C15H13F2N3O2/c16-10-2-1-9(3-11(10)17)12-4-20(8-18-12)15-5-14(6-15,7-15)19-13(21)22/h1-4,8,19H,5-7H2,(H,21,22). The second kappa shape index (κ2) is 4.06. The van der Waals surface area contributed by atoms with Gasteiger partial charge in [0.2, 0.25) is 0 Å². The molecule has 1 amide bonds. The number of carbonyl (C=O) groups is 1. The molecule has 0 spiro atoms. The predicted octanol–water partition coefficient (Wildman–Crippen LogP) is 2.73. The number of imidazole rings is 1. The van der Waals surface area contributed by atoms with Crippen LogP contribution in [0.15, 0.2) is 30.7 Å². The average Bonchev–Trinajstić information content (AvgIpc) is 2.84. The molecule has 0 saturated heterocycles. The number of nitrogens with one attached hydrogen (secondary N) is 1. The lowest BCUT2D eigenvalue weighted by molar-refractivity contribution is -0.132. The molecule has 22 heavy (non-hydrogen) atoms. The molecule has 5 rings (SSSR count). The molecule has 5 nitrogen and oxygen atoms in total. The van der Waals surface area contributed by atoms with Crippen molar-refractivity contribution in [2.45, 2.75) is 30.3 Å². The molecule has 2 bridgehead atoms. The van der Waals surface area contributed by atoms with E-state index in [9.17, 15) is 13.6 Å². The summed E-state index contributed by atoms with van der Waals surface area (Å²) < 4.78 is 28.2. The second-order valence-corrected chi connectivity index (χ2v) is 6.26. The fraction of sp³-hybridized carbons (Fsp3) is 0.333. The number of amides is 1. The van der Waals surface area contributed by atoms with Crippen LogP contribution in [-0.2, 0) is 5.54 Å². The lowest BCUT2D eigenvalue weighted by atomic mass is 9.44. The summed E-state index contributed by atoms with van der Waals surface area (Å²) in [5.74, 6) is -1.79. The molecule has 1 aromatic carbocycles. The van der Waals surface area contributed by atoms with Gasteiger partial charge in [0.1, 0.15) is 0 Å². The van der Waals surface area contributed by atoms with E-state index in [-0.39, 0.29) is 11.1 Å². The lowest BCUT2D eigenvalue weighted by Gasteiger charge is -2.70. The van der Waals surface area contributed by atoms with E-state index < -0.39 is 17.7 Å². The fourth-order valence-corrected chi connectivity index (χ4v) is 3.75. The van der Waals surface area contributed by atoms with Gasteiger partial charge >= 0.3 is 6.09 Å². The maximum Gasteiger partial charge on any atom is 0.405 e. The van der Waals surface area contributed by atoms with Crippen LogP contribution in [0.2, 0.25) is 0 Å². The van der Waals surface area contributed by atoms with Gasteiger partial charge in [-0.2, -0.15) is 0 Å². The van der Waals surface area contributed by atoms with Crippen LogP contribution in [0.1, 0.15) is 19.3 Å². The zero-order valence-electron chi connectivity index (χ0n) is 11.5. The first-order valence-electron chi connectivity index (χ1n) is 6.93. The number of rotatable bonds is 3. The Morgan fingerprint density at radius 1 is 1.27 bits per heavy atom. The summed E-state index contributed by atoms with van der Waals surface area (Å²) in [4.78, 5) is 15.0. The van der Waals surface area contributed by atoms with Gasteiger partial charge in [-0.15, -0.1) is 0 Å². The van der Waals surface area contributed by atoms with Gasteiger partial charge in [-0.25, -0.2) is 18.6 Å². The van der Waals surface area contributed by atoms with Gasteiger partial charge in [0.05, 0.1) is 23.1 Å². The summed E-state index contributed by atoms with van der Waals surface area (Å²) in [5, 5.41) is 11.4. The third-order valence-corrected chi connectivity index (χ3v) is 4.72. The number of nitrogens with zero attached hydrogens (tertiary/aromatic N) is 2. The maximum atomic E-state index is 13.3. The van der Waals surface area contributed by atoms with E-state index in [1.165, 1.54) is 6.07 Å². The topological polar surface area (TPSA) is 67.2 Å². The highest BCUT2D eigenvalue weighted by Crippen LogP contribution is 2.65. The van der Waals surface area contributed by atoms with Gasteiger partial charge in [-0.05, 0) is 37.5 Å². The van der Waals surface area contributed by atoms with Crippen molar-refractivity contribution in [3.05, 3.63) is 42.4 Å². The van der Waals surface area contributed by atoms with Crippen LogP contribution in [0.4, 0.5) is 13.6 Å². The number of hydrogen-bond donors (Lipinski definition) is 2. The first kappa shape index (κ1) is 13.2. The summed E-state index contributed by atoms with van der Waals surface area (Å²) in [6.45, 7) is 0. The van der Waals surface area contributed by atoms with E-state index >= 15 is 0 Å². The molecule has 7 heteroatoms. The third kappa shape index (κ3) is 1.74. The van der Waals surface area contributed by atoms with Gasteiger partial charge < -0.3 is 15.0 Å². The van der Waals surface area contributed by atoms with Crippen molar-refractivity contribution in [2.75, 3.05) is 0 Å². The van der Waals surface area contributed by atoms with Crippen molar-refractivity contribution in [3.63, 3.8) is 0 Å². The average molecular weight is 305 g/mol. The monoisotopic (exact) mass is 305 g/mol. The van der Waals surface area contributed by atoms with Gasteiger partial charge in [-0.3, -0.25) is 0 Å². The zero-order chi connectivity index (χ0) is 15.5. The van der Waals surface area contributed by atoms with Gasteiger partial charge in [0.15, 0.2) is 11.6 Å². The van der Waals surface area contributed by atoms with Crippen molar-refractivity contribution >= 4 is 6.09 Å². The van der Waals surface area contributed by atoms with Gasteiger partial charge in [0, 0.05) is 11.8 Å². The number of aromatic nitrogens is 2. The molecule has 3 saturated carbocycles. The molecular weight excluding hydrogens is 292 g/mol. The van der Waals surface area contributed by atoms with Crippen molar-refractivity contribution < 1.29 is 18.7 Å². The number of benzene rings is 1. The molecule has 114 valence electrons. The molecule has 0 unspecified atom stereocenters. The van der Waals surface area contributed by atoms with E-state index in [4.69, 9.17) is 5.11 Å². The van der Waals surface area contributed by atoms with Crippen LogP contribution in [-0.4, -0.2) is 26.3 Å². The zero-order valence-corrected chi connectivity index (χ0v) is 11.5. The van der Waals surface area contributed by atoms with Crippen molar-refractivity contribution in [2.24, 2.45) is 0 Å². The minimum Gasteiger partial charge on any atom is -0.465 e. The van der Waals surface area contributed by atoms with Crippen LogP contribution in [0, 0.1) is 11.6 Å². The summed E-state index contributed by atoms with van der Waals surface area (Å²) in [6, 6.07) is 3.69. The molecule has 3 aliphatic carbocycles. The highest BCUT2D eigenvalue weighted by molar-refractivity contribution is 5.67. The van der Waals surface area contributed by atoms with Gasteiger partial charge in [-0.1, -0.05) is 0 Å². The Labute approximate surface area is 124 Å². The predicted molar refractivity (Wildman–Crippen MR) is 73.3 cm³/mol. The van der Waals surface area contributed by atoms with E-state index in [0.29, 0.717) is 11.3 Å². The summed E-state index contributed by atoms with van der Waals surface area (Å²) in [7, 11) is 0. The second-order valence-electron chi connectivity index (χ2n) is 6.26. The highest BCUT2D eigenvalue weighted by Gasteiger charge is 2.69. The Balaban J connectivity index is 1.54. The molecule has 3 aliphatic rings. The van der Waals surface area contributed by atoms with Crippen LogP contribution in [0.25, 0.3) is 11.3 Å². The molecule has 3 fully saturated rings. The Bertz CT molecular complexity index is 767. The quantitative estimate of drug-likeness (QED) is 0.916. The Morgan fingerprint density at radius 2 is 2.00 bits per heavy atom. The summed E-state index contributed by atoms with van der Waals surface area (Å²) >= 11 is 0. The minimum atomic E-state index is -0.999. The summed E-state index contributed by atoms with van der Waals surface area (Å²) in [6.07, 6.45) is 4.68. The third-order valence-electron chi connectivity index (χ3n) is 4.72. The van der Waals surface area contributed by atoms with Crippen LogP contribution >= 0.6 is 0 Å². The van der Waals surface area contributed by atoms with Crippen molar-refractivity contribution in [1.82, 2.24) is 14.9 Å². The Morgan fingerprint density at radius 3 is 2.64 bits per heavy atom. The SMILES string of the molecule is O=C(O)NC12CC(n3cnc(-c4ccc(F)c(F)c4)c3)(C1)C2. The van der Waals surface area contributed by atoms with Crippen molar-refractivity contribution in [1.29, 1.82) is 0 Å². The normalized spacial score (nSPS) is 28.6. The molecule has 2 aromatic rings. The van der Waals surface area contributed by atoms with Crippen molar-refractivity contribution in [3.8, 4) is 11.3 Å². The molecule has 2 N–H and O–H groups in total. The maximum absolute atomic E-state index is 13.3. The van der Waals surface area contributed by atoms with Gasteiger partial charge in [0.25, 0.3) is 0 Å². The van der Waals surface area contributed by atoms with E-state index in [2.05, 4.69) is 10.3 Å². The summed E-state index contributed by atoms with van der Waals surface area (Å²) in [5.41, 5.74) is 0.705. The number of hydrogen-bond acceptors (Lipinski definition) is 2.